The molecule has 299 valence electrons. The van der Waals surface area contributed by atoms with Crippen LogP contribution in [0.5, 0.6) is 0 Å². The molecule has 0 saturated heterocycles. The molecule has 0 atom stereocenters. The van der Waals surface area contributed by atoms with Gasteiger partial charge < -0.3 is 4.57 Å². The van der Waals surface area contributed by atoms with E-state index in [1.165, 1.54) is 38.4 Å². The molecule has 0 spiro atoms. The molecule has 6 heteroatoms. The third-order valence-corrected chi connectivity index (χ3v) is 16.1. The molecule has 6 aromatic carbocycles. The van der Waals surface area contributed by atoms with Crippen LogP contribution in [0.25, 0.3) is 70.7 Å². The molecule has 0 aliphatic heterocycles. The maximum Gasteiger partial charge on any atom is 0.0774 e. The van der Waals surface area contributed by atoms with Crippen LogP contribution in [0.4, 0.5) is 0 Å². The second kappa shape index (κ2) is 17.5. The van der Waals surface area contributed by atoms with E-state index in [0.717, 1.165) is 53.9 Å². The first-order valence-electron chi connectivity index (χ1n) is 22.9. The van der Waals surface area contributed by atoms with E-state index in [-0.39, 0.29) is 31.9 Å². The molecule has 0 bridgehead atoms. The third kappa shape index (κ3) is 8.81. The summed E-state index contributed by atoms with van der Waals surface area (Å²) in [5, 5.41) is 1.98. The largest absolute Gasteiger partial charge is 0.333 e. The minimum atomic E-state index is -2.16. The Morgan fingerprint density at radius 2 is 1.34 bits per heavy atom. The first kappa shape index (κ1) is 35.1. The second-order valence-corrected chi connectivity index (χ2v) is 28.3. The van der Waals surface area contributed by atoms with Crippen molar-refractivity contribution in [1.82, 2.24) is 14.5 Å². The fourth-order valence-electron chi connectivity index (χ4n) is 7.48. The van der Waals surface area contributed by atoms with Crippen molar-refractivity contribution in [2.75, 3.05) is 0 Å². The quantitative estimate of drug-likeness (QED) is 0.118. The van der Waals surface area contributed by atoms with E-state index in [2.05, 4.69) is 139 Å². The molecule has 3 nitrogen and oxygen atoms in total. The number of imidazole rings is 1. The van der Waals surface area contributed by atoms with Gasteiger partial charge in [0.05, 0.1) is 16.9 Å². The van der Waals surface area contributed by atoms with Crippen molar-refractivity contribution in [3.63, 3.8) is 0 Å². The summed E-state index contributed by atoms with van der Waals surface area (Å²) in [5.41, 5.74) is 11.3. The van der Waals surface area contributed by atoms with E-state index >= 15 is 0 Å². The van der Waals surface area contributed by atoms with Crippen LogP contribution in [0, 0.1) is 25.8 Å². The number of para-hydroxylation sites is 2. The molecule has 59 heavy (non-hydrogen) atoms. The van der Waals surface area contributed by atoms with Crippen LogP contribution < -0.4 is 4.40 Å². The number of hydrogen-bond donors (Lipinski definition) is 0. The fraction of sp³-hybridized carbons (Fsp3) is 0.208. The average Bonchev–Trinajstić information content (AvgIpc) is 3.83. The standard InChI is InChI=1S/C38H33N2S.C15H18GeN.Ir/c1-23(2)29-21-28(26-11-7-6-8-12-26)22-30(24(3)4)37(29)40-34-14-10-9-13-33(34)39-38(40)27-16-18-36-32(20-27)31-19-25(5)15-17-35(31)41-36;1-12-5-7-13(8-6-12)15-10-9-14(11-17-15)16(2,3)4;/h6-15,17-24H,1-5H3;5-7,9-11H,1-4H3;/q2*-1;/i5D3;1D3;. The molecule has 9 rings (SSSR count). The van der Waals surface area contributed by atoms with Crippen molar-refractivity contribution in [2.24, 2.45) is 0 Å². The molecule has 0 unspecified atom stereocenters. The predicted molar refractivity (Wildman–Crippen MR) is 253 cm³/mol. The van der Waals surface area contributed by atoms with E-state index in [1.54, 1.807) is 29.5 Å². The molecule has 1 radical (unpaired) electrons. The van der Waals surface area contributed by atoms with Gasteiger partial charge in [-0.1, -0.05) is 93.2 Å². The van der Waals surface area contributed by atoms with E-state index < -0.39 is 27.0 Å². The number of aryl methyl sites for hydroxylation is 2. The summed E-state index contributed by atoms with van der Waals surface area (Å²) in [6.45, 7) is 4.80. The van der Waals surface area contributed by atoms with Crippen LogP contribution in [-0.2, 0) is 20.1 Å². The Hall–Kier alpha value is -4.65. The van der Waals surface area contributed by atoms with Gasteiger partial charge in [-0.25, -0.2) is 0 Å². The van der Waals surface area contributed by atoms with E-state index in [9.17, 15) is 0 Å². The molecular weight excluding hydrogens is 975 g/mol. The summed E-state index contributed by atoms with van der Waals surface area (Å²) in [7, 11) is 0. The number of aromatic nitrogens is 3. The normalized spacial score (nSPS) is 13.6. The van der Waals surface area contributed by atoms with E-state index in [0.29, 0.717) is 11.1 Å². The van der Waals surface area contributed by atoms with E-state index in [1.807, 2.05) is 36.5 Å². The zero-order chi connectivity index (χ0) is 45.7. The van der Waals surface area contributed by atoms with Crippen molar-refractivity contribution >= 4 is 60.2 Å². The summed E-state index contributed by atoms with van der Waals surface area (Å²) in [4.78, 5) is 9.70. The summed E-state index contributed by atoms with van der Waals surface area (Å²) >= 11 is -0.170. The fourth-order valence-corrected chi connectivity index (χ4v) is 10.7. The van der Waals surface area contributed by atoms with Crippen molar-refractivity contribution in [3.8, 4) is 39.5 Å². The van der Waals surface area contributed by atoms with Gasteiger partial charge in [0.25, 0.3) is 0 Å². The Morgan fingerprint density at radius 3 is 1.98 bits per heavy atom. The topological polar surface area (TPSA) is 30.7 Å². The van der Waals surface area contributed by atoms with Crippen LogP contribution in [0.2, 0.25) is 17.3 Å². The zero-order valence-corrected chi connectivity index (χ0v) is 39.7. The number of fused-ring (bicyclic) bond motifs is 4. The molecule has 0 N–H and O–H groups in total. The van der Waals surface area contributed by atoms with Gasteiger partial charge in [0.15, 0.2) is 0 Å². The van der Waals surface area contributed by atoms with Gasteiger partial charge in [-0.2, -0.15) is 11.3 Å². The number of pyridine rings is 1. The van der Waals surface area contributed by atoms with Gasteiger partial charge in [0, 0.05) is 34.6 Å². The Balaban J connectivity index is 0.000000253. The molecular formula is C53H51GeIrN3S-2. The molecule has 0 aliphatic rings. The summed E-state index contributed by atoms with van der Waals surface area (Å²) in [6, 6.07) is 48.8. The van der Waals surface area contributed by atoms with Crippen LogP contribution >= 0.6 is 11.3 Å². The molecule has 3 aromatic heterocycles. The second-order valence-electron chi connectivity index (χ2n) is 16.5. The van der Waals surface area contributed by atoms with Gasteiger partial charge in [0.2, 0.25) is 0 Å². The summed E-state index contributed by atoms with van der Waals surface area (Å²) in [6.07, 6.45) is 1.95. The summed E-state index contributed by atoms with van der Waals surface area (Å²) < 4.78 is 51.8. The van der Waals surface area contributed by atoms with E-state index in [4.69, 9.17) is 13.2 Å². The number of hydrogen-bond acceptors (Lipinski definition) is 3. The van der Waals surface area contributed by atoms with Gasteiger partial charge in [-0.15, -0.1) is 23.8 Å². The molecule has 9 aromatic rings. The first-order chi connectivity index (χ1) is 30.3. The SMILES string of the molecule is [2H]C([2H])([2H])c1c[c-]c(-c2cc[c]([Ge]([CH3])([CH3])[CH3])cn2)cc1.[2H]C([2H])([2H])c1ccc2sc3c[c-]c(-c4nc5ccccc5n4-c4c(C(C)C)cc(-c5ccccc5)cc4C(C)C)cc3c2c1.[Ir]. The molecule has 0 aliphatic carbocycles. The molecule has 0 fully saturated rings. The first-order valence-corrected chi connectivity index (χ1v) is 28.0. The maximum absolute atomic E-state index is 7.97. The molecule has 0 amide bonds. The Bertz CT molecular complexity index is 3030. The monoisotopic (exact) mass is 1030 g/mol. The van der Waals surface area contributed by atoms with Crippen LogP contribution in [0.15, 0.2) is 134 Å². The van der Waals surface area contributed by atoms with Gasteiger partial charge in [-0.05, 0) is 81.4 Å². The third-order valence-electron chi connectivity index (χ3n) is 10.7. The zero-order valence-electron chi connectivity index (χ0n) is 40.4. The summed E-state index contributed by atoms with van der Waals surface area (Å²) in [5.74, 6) is 8.35. The number of benzene rings is 6. The Morgan fingerprint density at radius 1 is 0.661 bits per heavy atom. The molecule has 0 saturated carbocycles. The Labute approximate surface area is 378 Å². The smallest absolute Gasteiger partial charge is 0.0774 e. The predicted octanol–water partition coefficient (Wildman–Crippen LogP) is 14.5. The van der Waals surface area contributed by atoms with Crippen LogP contribution in [0.1, 0.15) is 70.0 Å². The maximum atomic E-state index is 7.97. The minimum Gasteiger partial charge on any atom is -0.333 e. The van der Waals surface area contributed by atoms with Crippen molar-refractivity contribution in [3.05, 3.63) is 168 Å². The number of nitrogens with zero attached hydrogens (tertiary/aromatic N) is 3. The minimum absolute atomic E-state index is 0. The number of thiophene rings is 1. The van der Waals surface area contributed by atoms with Crippen LogP contribution in [0.3, 0.4) is 0 Å². The van der Waals surface area contributed by atoms with Gasteiger partial charge in [0.1, 0.15) is 0 Å². The number of rotatable bonds is 7. The average molecular weight is 1030 g/mol. The Kier molecular flexibility index (Phi) is 10.4. The van der Waals surface area contributed by atoms with Gasteiger partial charge >= 0.3 is 110 Å². The van der Waals surface area contributed by atoms with Gasteiger partial charge in [-0.3, -0.25) is 4.98 Å². The van der Waals surface area contributed by atoms with Crippen molar-refractivity contribution in [1.29, 1.82) is 0 Å². The molecule has 3 heterocycles. The van der Waals surface area contributed by atoms with Crippen molar-refractivity contribution < 1.29 is 28.3 Å². The van der Waals surface area contributed by atoms with Crippen molar-refractivity contribution in [2.45, 2.75) is 70.5 Å². The van der Waals surface area contributed by atoms with Crippen LogP contribution in [-0.4, -0.2) is 27.8 Å².